The number of hydrogen-bond donors (Lipinski definition) is 1. The van der Waals surface area contributed by atoms with Crippen molar-refractivity contribution in [2.45, 2.75) is 64.4 Å². The quantitative estimate of drug-likeness (QED) is 0.749. The third-order valence-corrected chi connectivity index (χ3v) is 7.29. The minimum absolute atomic E-state index is 0.0221. The largest absolute Gasteiger partial charge is 0.464 e. The SMILES string of the molecule is CCC12CCCOC(=O)C3(OC1O)C1C(CC23C)OC[C@H]1C. The van der Waals surface area contributed by atoms with E-state index in [4.69, 9.17) is 14.2 Å². The van der Waals surface area contributed by atoms with E-state index in [0.29, 0.717) is 13.2 Å². The third-order valence-electron chi connectivity index (χ3n) is 7.29. The van der Waals surface area contributed by atoms with Gasteiger partial charge in [-0.2, -0.15) is 0 Å². The molecule has 1 aliphatic carbocycles. The molecule has 5 nitrogen and oxygen atoms in total. The number of aliphatic hydroxyl groups excluding tert-OH is 1. The molecule has 3 heterocycles. The van der Waals surface area contributed by atoms with Gasteiger partial charge in [0, 0.05) is 23.4 Å². The lowest BCUT2D eigenvalue weighted by molar-refractivity contribution is -0.207. The fourth-order valence-electron chi connectivity index (χ4n) is 6.17. The van der Waals surface area contributed by atoms with Gasteiger partial charge in [0.1, 0.15) is 0 Å². The van der Waals surface area contributed by atoms with E-state index in [0.717, 1.165) is 25.7 Å². The first-order valence-corrected chi connectivity index (χ1v) is 8.57. The Hall–Kier alpha value is -0.650. The molecule has 4 rings (SSSR count). The fourth-order valence-corrected chi connectivity index (χ4v) is 6.17. The van der Waals surface area contributed by atoms with E-state index in [9.17, 15) is 9.90 Å². The van der Waals surface area contributed by atoms with Crippen LogP contribution in [0.1, 0.15) is 46.5 Å². The molecule has 7 atom stereocenters. The van der Waals surface area contributed by atoms with Gasteiger partial charge in [-0.15, -0.1) is 0 Å². The maximum absolute atomic E-state index is 13.0. The van der Waals surface area contributed by atoms with Crippen LogP contribution >= 0.6 is 0 Å². The summed E-state index contributed by atoms with van der Waals surface area (Å²) in [6.07, 6.45) is 2.29. The van der Waals surface area contributed by atoms with Crippen LogP contribution in [0.15, 0.2) is 0 Å². The molecule has 22 heavy (non-hydrogen) atoms. The van der Waals surface area contributed by atoms with Crippen molar-refractivity contribution < 1.29 is 24.1 Å². The zero-order valence-electron chi connectivity index (χ0n) is 13.6. The topological polar surface area (TPSA) is 65.0 Å². The zero-order valence-corrected chi connectivity index (χ0v) is 13.6. The van der Waals surface area contributed by atoms with Gasteiger partial charge in [0.15, 0.2) is 11.9 Å². The molecule has 1 N–H and O–H groups in total. The second kappa shape index (κ2) is 4.46. The maximum Gasteiger partial charge on any atom is 0.339 e. The number of carbonyl (C=O) groups is 1. The van der Waals surface area contributed by atoms with E-state index in [1.54, 1.807) is 0 Å². The van der Waals surface area contributed by atoms with E-state index in [-0.39, 0.29) is 29.3 Å². The van der Waals surface area contributed by atoms with Gasteiger partial charge >= 0.3 is 5.97 Å². The summed E-state index contributed by atoms with van der Waals surface area (Å²) in [6, 6.07) is 0. The summed E-state index contributed by atoms with van der Waals surface area (Å²) in [7, 11) is 0. The van der Waals surface area contributed by atoms with Crippen LogP contribution in [-0.2, 0) is 19.0 Å². The summed E-state index contributed by atoms with van der Waals surface area (Å²) < 4.78 is 17.7. The molecule has 0 spiro atoms. The van der Waals surface area contributed by atoms with Gasteiger partial charge in [0.25, 0.3) is 0 Å². The third kappa shape index (κ3) is 1.35. The van der Waals surface area contributed by atoms with Crippen LogP contribution in [0, 0.1) is 22.7 Å². The Kier molecular flexibility index (Phi) is 3.02. The van der Waals surface area contributed by atoms with Crippen molar-refractivity contribution in [2.24, 2.45) is 22.7 Å². The van der Waals surface area contributed by atoms with Gasteiger partial charge in [-0.25, -0.2) is 4.79 Å². The molecule has 3 saturated heterocycles. The van der Waals surface area contributed by atoms with Crippen molar-refractivity contribution in [3.05, 3.63) is 0 Å². The number of aliphatic hydroxyl groups is 1. The number of hydrogen-bond acceptors (Lipinski definition) is 5. The molecule has 0 aromatic rings. The van der Waals surface area contributed by atoms with Gasteiger partial charge in [-0.05, 0) is 31.6 Å². The van der Waals surface area contributed by atoms with Gasteiger partial charge in [-0.3, -0.25) is 0 Å². The van der Waals surface area contributed by atoms with Crippen LogP contribution in [0.2, 0.25) is 0 Å². The van der Waals surface area contributed by atoms with Crippen LogP contribution in [0.4, 0.5) is 0 Å². The normalized spacial score (nSPS) is 57.0. The molecule has 0 radical (unpaired) electrons. The second-order valence-corrected chi connectivity index (χ2v) is 7.87. The number of fused-ring (bicyclic) bond motifs is 1. The first kappa shape index (κ1) is 14.9. The lowest BCUT2D eigenvalue weighted by atomic mass is 9.54. The monoisotopic (exact) mass is 310 g/mol. The highest BCUT2D eigenvalue weighted by Gasteiger charge is 2.82. The highest BCUT2D eigenvalue weighted by atomic mass is 16.7. The number of rotatable bonds is 1. The predicted molar refractivity (Wildman–Crippen MR) is 77.9 cm³/mol. The van der Waals surface area contributed by atoms with E-state index in [2.05, 4.69) is 20.8 Å². The van der Waals surface area contributed by atoms with E-state index in [1.165, 1.54) is 0 Å². The molecule has 0 aromatic carbocycles. The van der Waals surface area contributed by atoms with Crippen LogP contribution in [0.3, 0.4) is 0 Å². The molecule has 1 saturated carbocycles. The Bertz CT molecular complexity index is 507. The smallest absolute Gasteiger partial charge is 0.339 e. The maximum atomic E-state index is 13.0. The number of ether oxygens (including phenoxy) is 3. The molecule has 124 valence electrons. The lowest BCUT2D eigenvalue weighted by Gasteiger charge is -2.48. The Morgan fingerprint density at radius 2 is 2.18 bits per heavy atom. The Morgan fingerprint density at radius 1 is 1.41 bits per heavy atom. The number of carbonyl (C=O) groups excluding carboxylic acids is 1. The van der Waals surface area contributed by atoms with Gasteiger partial charge in [0.05, 0.1) is 12.7 Å². The minimum atomic E-state index is -1.05. The fraction of sp³-hybridized carbons (Fsp3) is 0.941. The summed E-state index contributed by atoms with van der Waals surface area (Å²) in [5, 5.41) is 10.8. The van der Waals surface area contributed by atoms with E-state index < -0.39 is 17.3 Å². The molecule has 3 aliphatic heterocycles. The first-order chi connectivity index (χ1) is 10.4. The van der Waals surface area contributed by atoms with Crippen LogP contribution in [0.25, 0.3) is 0 Å². The standard InChI is InChI=1S/C17H26O5/c1-4-16-6-5-7-20-14(19)17(22-13(16)18)12-10(2)9-21-11(12)8-15(16,17)3/h10-13,18H,4-9H2,1-3H3/t10-,11?,12?,13?,15?,16?,17?/m1/s1. The van der Waals surface area contributed by atoms with E-state index in [1.807, 2.05) is 0 Å². The zero-order chi connectivity index (χ0) is 15.8. The predicted octanol–water partition coefficient (Wildman–Crippen LogP) is 1.87. The summed E-state index contributed by atoms with van der Waals surface area (Å²) in [5.41, 5.74) is -1.88. The Morgan fingerprint density at radius 3 is 2.91 bits per heavy atom. The van der Waals surface area contributed by atoms with Crippen molar-refractivity contribution >= 4 is 5.97 Å². The molecule has 6 unspecified atom stereocenters. The first-order valence-electron chi connectivity index (χ1n) is 8.57. The summed E-state index contributed by atoms with van der Waals surface area (Å²) >= 11 is 0. The highest BCUT2D eigenvalue weighted by molar-refractivity contribution is 5.83. The lowest BCUT2D eigenvalue weighted by Crippen LogP contribution is -2.58. The van der Waals surface area contributed by atoms with Crippen LogP contribution < -0.4 is 0 Å². The molecular formula is C17H26O5. The van der Waals surface area contributed by atoms with Crippen LogP contribution in [-0.4, -0.2) is 42.3 Å². The van der Waals surface area contributed by atoms with Crippen molar-refractivity contribution in [3.8, 4) is 0 Å². The van der Waals surface area contributed by atoms with Gasteiger partial charge in [-0.1, -0.05) is 20.8 Å². The highest BCUT2D eigenvalue weighted by Crippen LogP contribution is 2.72. The van der Waals surface area contributed by atoms with Crippen LogP contribution in [0.5, 0.6) is 0 Å². The molecule has 2 bridgehead atoms. The van der Waals surface area contributed by atoms with Crippen molar-refractivity contribution in [1.29, 1.82) is 0 Å². The minimum Gasteiger partial charge on any atom is -0.464 e. The summed E-state index contributed by atoms with van der Waals surface area (Å²) in [6.45, 7) is 7.39. The summed E-state index contributed by atoms with van der Waals surface area (Å²) in [5.74, 6) is -0.0706. The molecular weight excluding hydrogens is 284 g/mol. The molecule has 4 fully saturated rings. The van der Waals surface area contributed by atoms with Gasteiger partial charge in [0.2, 0.25) is 0 Å². The van der Waals surface area contributed by atoms with E-state index >= 15 is 0 Å². The van der Waals surface area contributed by atoms with Crippen molar-refractivity contribution in [1.82, 2.24) is 0 Å². The van der Waals surface area contributed by atoms with Crippen molar-refractivity contribution in [3.63, 3.8) is 0 Å². The van der Waals surface area contributed by atoms with Gasteiger partial charge < -0.3 is 19.3 Å². The molecule has 0 aromatic heterocycles. The second-order valence-electron chi connectivity index (χ2n) is 7.87. The number of cyclic esters (lactones) is 1. The van der Waals surface area contributed by atoms with Crippen molar-refractivity contribution in [2.75, 3.05) is 13.2 Å². The molecule has 4 aliphatic rings. The Labute approximate surface area is 131 Å². The average molecular weight is 310 g/mol. The summed E-state index contributed by atoms with van der Waals surface area (Å²) in [4.78, 5) is 13.0. The Balaban J connectivity index is 1.93. The number of esters is 1. The molecule has 5 heteroatoms. The molecule has 0 amide bonds. The average Bonchev–Trinajstić information content (AvgIpc) is 3.02.